The van der Waals surface area contributed by atoms with Crippen LogP contribution in [0.3, 0.4) is 0 Å². The van der Waals surface area contributed by atoms with Crippen LogP contribution in [0, 0.1) is 0 Å². The summed E-state index contributed by atoms with van der Waals surface area (Å²) in [7, 11) is 0. The topological polar surface area (TPSA) is 61.0 Å². The lowest BCUT2D eigenvalue weighted by molar-refractivity contribution is 0.221. The summed E-state index contributed by atoms with van der Waals surface area (Å²) in [5.41, 5.74) is 7.67. The maximum Gasteiger partial charge on any atom is 0.316 e. The second-order valence-electron chi connectivity index (χ2n) is 3.68. The summed E-state index contributed by atoms with van der Waals surface area (Å²) in [6.45, 7) is 6.62. The van der Waals surface area contributed by atoms with Gasteiger partial charge in [-0.2, -0.15) is 4.98 Å². The molecule has 4 heteroatoms. The highest BCUT2D eigenvalue weighted by atomic mass is 16.5. The molecule has 1 aromatic heterocycles. The smallest absolute Gasteiger partial charge is 0.316 e. The molecule has 0 unspecified atom stereocenters. The van der Waals surface area contributed by atoms with E-state index in [0.29, 0.717) is 12.6 Å². The van der Waals surface area contributed by atoms with Crippen LogP contribution in [-0.4, -0.2) is 22.6 Å². The first-order valence-corrected chi connectivity index (χ1v) is 5.38. The van der Waals surface area contributed by atoms with Crippen molar-refractivity contribution in [2.75, 3.05) is 6.54 Å². The van der Waals surface area contributed by atoms with Gasteiger partial charge in [0.05, 0.1) is 11.8 Å². The van der Waals surface area contributed by atoms with E-state index in [4.69, 9.17) is 10.5 Å². The fourth-order valence-corrected chi connectivity index (χ4v) is 1.36. The molecular weight excluding hydrogens is 190 g/mol. The van der Waals surface area contributed by atoms with Crippen molar-refractivity contribution < 1.29 is 4.74 Å². The highest BCUT2D eigenvalue weighted by Gasteiger charge is 2.06. The molecule has 15 heavy (non-hydrogen) atoms. The zero-order valence-electron chi connectivity index (χ0n) is 9.66. The molecule has 0 aliphatic heterocycles. The third-order valence-corrected chi connectivity index (χ3v) is 2.02. The minimum absolute atomic E-state index is 0.107. The molecule has 0 radical (unpaired) electrons. The van der Waals surface area contributed by atoms with Crippen molar-refractivity contribution in [3.05, 3.63) is 17.5 Å². The molecule has 2 N–H and O–H groups in total. The first-order chi connectivity index (χ1) is 7.17. The van der Waals surface area contributed by atoms with Crippen molar-refractivity contribution in [3.63, 3.8) is 0 Å². The molecule has 0 saturated carbocycles. The Kier molecular flexibility index (Phi) is 4.49. The summed E-state index contributed by atoms with van der Waals surface area (Å²) in [5.74, 6) is 0. The summed E-state index contributed by atoms with van der Waals surface area (Å²) in [5, 5.41) is 0. The van der Waals surface area contributed by atoms with Crippen molar-refractivity contribution >= 4 is 0 Å². The average molecular weight is 209 g/mol. The second-order valence-corrected chi connectivity index (χ2v) is 3.68. The van der Waals surface area contributed by atoms with Gasteiger partial charge in [-0.3, -0.25) is 0 Å². The van der Waals surface area contributed by atoms with E-state index in [-0.39, 0.29) is 6.10 Å². The van der Waals surface area contributed by atoms with Gasteiger partial charge in [-0.25, -0.2) is 4.98 Å². The maximum absolute atomic E-state index is 5.52. The summed E-state index contributed by atoms with van der Waals surface area (Å²) < 4.78 is 5.44. The zero-order chi connectivity index (χ0) is 11.3. The molecule has 0 saturated heterocycles. The van der Waals surface area contributed by atoms with E-state index in [1.807, 2.05) is 20.0 Å². The summed E-state index contributed by atoms with van der Waals surface area (Å²) in [4.78, 5) is 8.52. The number of hydrogen-bond acceptors (Lipinski definition) is 4. The minimum atomic E-state index is 0.107. The molecule has 4 nitrogen and oxygen atoms in total. The maximum atomic E-state index is 5.52. The molecule has 1 heterocycles. The van der Waals surface area contributed by atoms with Crippen LogP contribution in [0.2, 0.25) is 0 Å². The van der Waals surface area contributed by atoms with E-state index >= 15 is 0 Å². The fourth-order valence-electron chi connectivity index (χ4n) is 1.36. The SMILES string of the molecule is CCc1nc(OC(C)C)ncc1CCN. The Morgan fingerprint density at radius 2 is 2.20 bits per heavy atom. The van der Waals surface area contributed by atoms with Gasteiger partial charge >= 0.3 is 6.01 Å². The molecule has 1 aromatic rings. The van der Waals surface area contributed by atoms with E-state index in [9.17, 15) is 0 Å². The summed E-state index contributed by atoms with van der Waals surface area (Å²) >= 11 is 0. The first-order valence-electron chi connectivity index (χ1n) is 5.38. The van der Waals surface area contributed by atoms with Gasteiger partial charge in [0.1, 0.15) is 0 Å². The van der Waals surface area contributed by atoms with E-state index < -0.39 is 0 Å². The van der Waals surface area contributed by atoms with E-state index in [1.165, 1.54) is 0 Å². The van der Waals surface area contributed by atoms with Gasteiger partial charge in [-0.1, -0.05) is 6.92 Å². The number of aromatic nitrogens is 2. The van der Waals surface area contributed by atoms with Crippen LogP contribution < -0.4 is 10.5 Å². The minimum Gasteiger partial charge on any atom is -0.461 e. The van der Waals surface area contributed by atoms with Crippen molar-refractivity contribution in [2.24, 2.45) is 5.73 Å². The number of ether oxygens (including phenoxy) is 1. The number of nitrogens with zero attached hydrogens (tertiary/aromatic N) is 2. The van der Waals surface area contributed by atoms with Crippen LogP contribution in [0.15, 0.2) is 6.20 Å². The quantitative estimate of drug-likeness (QED) is 0.794. The van der Waals surface area contributed by atoms with Gasteiger partial charge in [0.15, 0.2) is 0 Å². The molecule has 0 bridgehead atoms. The normalized spacial score (nSPS) is 10.7. The molecule has 0 spiro atoms. The van der Waals surface area contributed by atoms with Gasteiger partial charge in [-0.05, 0) is 38.8 Å². The molecule has 0 aliphatic carbocycles. The van der Waals surface area contributed by atoms with Crippen LogP contribution in [0.5, 0.6) is 6.01 Å². The molecule has 0 aromatic carbocycles. The Morgan fingerprint density at radius 1 is 1.47 bits per heavy atom. The van der Waals surface area contributed by atoms with Gasteiger partial charge < -0.3 is 10.5 Å². The highest BCUT2D eigenvalue weighted by molar-refractivity contribution is 5.19. The van der Waals surface area contributed by atoms with Crippen molar-refractivity contribution in [1.29, 1.82) is 0 Å². The third kappa shape index (κ3) is 3.47. The fraction of sp³-hybridized carbons (Fsp3) is 0.636. The van der Waals surface area contributed by atoms with E-state index in [1.54, 1.807) is 0 Å². The molecule has 1 rings (SSSR count). The van der Waals surface area contributed by atoms with E-state index in [0.717, 1.165) is 24.1 Å². The van der Waals surface area contributed by atoms with Crippen molar-refractivity contribution in [3.8, 4) is 6.01 Å². The summed E-state index contributed by atoms with van der Waals surface area (Å²) in [6, 6.07) is 0.461. The predicted octanol–water partition coefficient (Wildman–Crippen LogP) is 1.33. The molecule has 84 valence electrons. The second kappa shape index (κ2) is 5.66. The number of hydrogen-bond donors (Lipinski definition) is 1. The first kappa shape index (κ1) is 11.9. The lowest BCUT2D eigenvalue weighted by Crippen LogP contribution is -2.12. The zero-order valence-corrected chi connectivity index (χ0v) is 9.66. The number of rotatable bonds is 5. The van der Waals surface area contributed by atoms with Gasteiger partial charge in [-0.15, -0.1) is 0 Å². The van der Waals surface area contributed by atoms with Crippen LogP contribution in [0.1, 0.15) is 32.0 Å². The Balaban J connectivity index is 2.86. The van der Waals surface area contributed by atoms with Crippen LogP contribution in [-0.2, 0) is 12.8 Å². The summed E-state index contributed by atoms with van der Waals surface area (Å²) in [6.07, 6.45) is 3.63. The van der Waals surface area contributed by atoms with Gasteiger partial charge in [0.2, 0.25) is 0 Å². The highest BCUT2D eigenvalue weighted by Crippen LogP contribution is 2.11. The van der Waals surface area contributed by atoms with Crippen molar-refractivity contribution in [1.82, 2.24) is 9.97 Å². The Labute approximate surface area is 90.9 Å². The third-order valence-electron chi connectivity index (χ3n) is 2.02. The molecular formula is C11H19N3O. The monoisotopic (exact) mass is 209 g/mol. The molecule has 0 atom stereocenters. The van der Waals surface area contributed by atoms with E-state index in [2.05, 4.69) is 16.9 Å². The lowest BCUT2D eigenvalue weighted by atomic mass is 10.1. The number of nitrogens with two attached hydrogens (primary N) is 1. The average Bonchev–Trinajstić information content (AvgIpc) is 2.20. The Bertz CT molecular complexity index is 313. The van der Waals surface area contributed by atoms with Gasteiger partial charge in [0, 0.05) is 6.20 Å². The largest absolute Gasteiger partial charge is 0.461 e. The molecule has 0 aliphatic rings. The Morgan fingerprint density at radius 3 is 2.73 bits per heavy atom. The molecule has 0 fully saturated rings. The van der Waals surface area contributed by atoms with Crippen molar-refractivity contribution in [2.45, 2.75) is 39.7 Å². The lowest BCUT2D eigenvalue weighted by Gasteiger charge is -2.10. The van der Waals surface area contributed by atoms with Crippen LogP contribution in [0.25, 0.3) is 0 Å². The number of aryl methyl sites for hydroxylation is 1. The standard InChI is InChI=1S/C11H19N3O/c1-4-10-9(5-6-12)7-13-11(14-10)15-8(2)3/h7-8H,4-6,12H2,1-3H3. The van der Waals surface area contributed by atoms with Crippen LogP contribution in [0.4, 0.5) is 0 Å². The predicted molar refractivity (Wildman–Crippen MR) is 59.9 cm³/mol. The Hall–Kier alpha value is -1.16. The van der Waals surface area contributed by atoms with Crippen LogP contribution >= 0.6 is 0 Å². The van der Waals surface area contributed by atoms with Gasteiger partial charge in [0.25, 0.3) is 0 Å². The molecule has 0 amide bonds.